The smallest absolute Gasteiger partial charge is 0.744 e. The zero-order valence-corrected chi connectivity index (χ0v) is 45.5. The van der Waals surface area contributed by atoms with Crippen molar-refractivity contribution in [1.82, 2.24) is 0 Å². The third-order valence-electron chi connectivity index (χ3n) is 12.0. The van der Waals surface area contributed by atoms with E-state index in [0.29, 0.717) is 0 Å². The second-order valence-corrected chi connectivity index (χ2v) is 20.5. The number of hydrogen-bond acceptors (Lipinski definition) is 6. The molecule has 6 nitrogen and oxygen atoms in total. The first-order valence-electron chi connectivity index (χ1n) is 25.2. The molecule has 0 atom stereocenters. The van der Waals surface area contributed by atoms with Gasteiger partial charge in [0.2, 0.25) is 0 Å². The van der Waals surface area contributed by atoms with Crippen molar-refractivity contribution in [2.24, 2.45) is 0 Å². The molecule has 61 heavy (non-hydrogen) atoms. The molecule has 348 valence electrons. The molecular formula is C52H90BaO6S2. The molecule has 9 heteroatoms. The molecule has 0 amide bonds. The molecule has 0 aliphatic heterocycles. The van der Waals surface area contributed by atoms with E-state index in [4.69, 9.17) is 0 Å². The van der Waals surface area contributed by atoms with E-state index >= 15 is 0 Å². The number of benzene rings is 2. The molecule has 0 aliphatic carbocycles. The molecule has 0 radical (unpaired) electrons. The zero-order valence-electron chi connectivity index (χ0n) is 39.5. The molecule has 0 saturated heterocycles. The Morgan fingerprint density at radius 1 is 0.328 bits per heavy atom. The van der Waals surface area contributed by atoms with E-state index in [1.54, 1.807) is 12.1 Å². The van der Waals surface area contributed by atoms with Crippen LogP contribution >= 0.6 is 0 Å². The van der Waals surface area contributed by atoms with Gasteiger partial charge < -0.3 is 9.11 Å². The first-order valence-corrected chi connectivity index (χ1v) is 28.0. The van der Waals surface area contributed by atoms with Crippen LogP contribution in [-0.2, 0) is 33.1 Å². The molecule has 0 heterocycles. The van der Waals surface area contributed by atoms with E-state index in [9.17, 15) is 25.9 Å². The minimum Gasteiger partial charge on any atom is -0.744 e. The van der Waals surface area contributed by atoms with E-state index in [2.05, 4.69) is 13.8 Å². The molecule has 0 fully saturated rings. The Labute approximate surface area is 418 Å². The van der Waals surface area contributed by atoms with Crippen LogP contribution in [0.15, 0.2) is 58.3 Å². The van der Waals surface area contributed by atoms with Crippen LogP contribution in [0.3, 0.4) is 0 Å². The Morgan fingerprint density at radius 3 is 0.721 bits per heavy atom. The summed E-state index contributed by atoms with van der Waals surface area (Å²) in [4.78, 5) is -0.218. The summed E-state index contributed by atoms with van der Waals surface area (Å²) in [6, 6.07) is 12.9. The van der Waals surface area contributed by atoms with Crippen LogP contribution in [-0.4, -0.2) is 74.8 Å². The quantitative estimate of drug-likeness (QED) is 0.0373. The molecule has 0 spiro atoms. The van der Waals surface area contributed by atoms with E-state index < -0.39 is 20.2 Å². The van der Waals surface area contributed by atoms with Gasteiger partial charge >= 0.3 is 48.9 Å². The Hall–Kier alpha value is -0.169. The van der Waals surface area contributed by atoms with Crippen molar-refractivity contribution in [2.45, 2.75) is 268 Å². The van der Waals surface area contributed by atoms with Crippen molar-refractivity contribution in [3.05, 3.63) is 59.7 Å². The maximum atomic E-state index is 11.1. The van der Waals surface area contributed by atoms with Gasteiger partial charge in [-0.2, -0.15) is 0 Å². The van der Waals surface area contributed by atoms with E-state index in [1.807, 2.05) is 12.1 Å². The van der Waals surface area contributed by atoms with Gasteiger partial charge in [-0.15, -0.1) is 0 Å². The molecule has 0 bridgehead atoms. The summed E-state index contributed by atoms with van der Waals surface area (Å²) in [6.07, 6.45) is 50.6. The molecular weight excluding hydrogens is 922 g/mol. The fraction of sp³-hybridized carbons (Fsp3) is 0.769. The number of rotatable bonds is 40. The van der Waals surface area contributed by atoms with Gasteiger partial charge in [-0.25, -0.2) is 16.8 Å². The summed E-state index contributed by atoms with van der Waals surface area (Å²) in [6.45, 7) is 4.55. The average molecular weight is 1010 g/mol. The van der Waals surface area contributed by atoms with Gasteiger partial charge in [0.15, 0.2) is 0 Å². The van der Waals surface area contributed by atoms with Crippen LogP contribution in [0.4, 0.5) is 0 Å². The third kappa shape index (κ3) is 38.8. The second-order valence-electron chi connectivity index (χ2n) is 17.7. The normalized spacial score (nSPS) is 11.6. The van der Waals surface area contributed by atoms with Crippen LogP contribution in [0.2, 0.25) is 0 Å². The number of unbranched alkanes of at least 4 members (excludes halogenated alkanes) is 34. The summed E-state index contributed by atoms with van der Waals surface area (Å²) in [7, 11) is -8.68. The summed E-state index contributed by atoms with van der Waals surface area (Å²) in [5.41, 5.74) is 1.90. The Balaban J connectivity index is 0.00000116. The molecule has 0 aromatic heterocycles. The number of aryl methyl sites for hydroxylation is 2. The van der Waals surface area contributed by atoms with Gasteiger partial charge in [-0.1, -0.05) is 256 Å². The molecule has 0 N–H and O–H groups in total. The number of hydrogen-bond donors (Lipinski definition) is 0. The van der Waals surface area contributed by atoms with Crippen molar-refractivity contribution < 1.29 is 25.9 Å². The maximum absolute atomic E-state index is 11.1. The van der Waals surface area contributed by atoms with Crippen LogP contribution in [0.5, 0.6) is 0 Å². The van der Waals surface area contributed by atoms with Crippen LogP contribution in [0.1, 0.15) is 256 Å². The zero-order chi connectivity index (χ0) is 43.8. The summed E-state index contributed by atoms with van der Waals surface area (Å²) in [5.74, 6) is 0. The van der Waals surface area contributed by atoms with Crippen molar-refractivity contribution in [2.75, 3.05) is 0 Å². The minimum absolute atomic E-state index is 0. The van der Waals surface area contributed by atoms with Gasteiger partial charge in [0.25, 0.3) is 0 Å². The molecule has 0 unspecified atom stereocenters. The minimum atomic E-state index is -4.34. The first-order chi connectivity index (χ1) is 29.1. The first kappa shape index (κ1) is 60.8. The fourth-order valence-corrected chi connectivity index (χ4v) is 9.26. The predicted octanol–water partition coefficient (Wildman–Crippen LogP) is 16.0. The summed E-state index contributed by atoms with van der Waals surface area (Å²) < 4.78 is 66.4. The van der Waals surface area contributed by atoms with Crippen LogP contribution in [0, 0.1) is 0 Å². The fourth-order valence-electron chi connectivity index (χ4n) is 8.17. The summed E-state index contributed by atoms with van der Waals surface area (Å²) in [5, 5.41) is 0. The monoisotopic (exact) mass is 1010 g/mol. The Morgan fingerprint density at radius 2 is 0.525 bits per heavy atom. The van der Waals surface area contributed by atoms with E-state index in [0.717, 1.165) is 36.8 Å². The largest absolute Gasteiger partial charge is 2.00 e. The van der Waals surface area contributed by atoms with Gasteiger partial charge in [-0.05, 0) is 61.1 Å². The predicted molar refractivity (Wildman–Crippen MR) is 260 cm³/mol. The average Bonchev–Trinajstić information content (AvgIpc) is 3.22. The molecule has 0 saturated carbocycles. The van der Waals surface area contributed by atoms with Gasteiger partial charge in [0, 0.05) is 0 Å². The van der Waals surface area contributed by atoms with Gasteiger partial charge in [-0.3, -0.25) is 0 Å². The molecule has 0 aliphatic rings. The molecule has 2 rings (SSSR count). The molecule has 2 aromatic rings. The van der Waals surface area contributed by atoms with Crippen molar-refractivity contribution >= 4 is 69.1 Å². The van der Waals surface area contributed by atoms with Gasteiger partial charge in [0.1, 0.15) is 20.2 Å². The molecule has 2 aromatic carbocycles. The Kier molecular flexibility index (Phi) is 42.3. The van der Waals surface area contributed by atoms with E-state index in [-0.39, 0.29) is 58.7 Å². The topological polar surface area (TPSA) is 114 Å². The second kappa shape index (κ2) is 42.5. The van der Waals surface area contributed by atoms with Crippen LogP contribution < -0.4 is 0 Å². The Bertz CT molecular complexity index is 1370. The van der Waals surface area contributed by atoms with Crippen molar-refractivity contribution in [3.8, 4) is 0 Å². The van der Waals surface area contributed by atoms with Crippen molar-refractivity contribution in [1.29, 1.82) is 0 Å². The van der Waals surface area contributed by atoms with Gasteiger partial charge in [0.05, 0.1) is 9.79 Å². The standard InChI is InChI=1S/2C26H46O3S.Ba/c2*1-2-3-4-5-6-7-8-9-10-11-12-13-14-15-16-17-18-19-21-25-22-20-23-26(24-25)30(27,28)29;/h2*20,22-24H,2-19,21H2,1H3,(H,27,28,29);/q;;+2/p-2. The van der Waals surface area contributed by atoms with E-state index in [1.165, 1.54) is 243 Å². The third-order valence-corrected chi connectivity index (χ3v) is 13.7. The van der Waals surface area contributed by atoms with Crippen LogP contribution in [0.25, 0.3) is 0 Å². The maximum Gasteiger partial charge on any atom is 2.00 e. The summed E-state index contributed by atoms with van der Waals surface area (Å²) >= 11 is 0. The van der Waals surface area contributed by atoms with Crippen molar-refractivity contribution in [3.63, 3.8) is 0 Å². The SMILES string of the molecule is CCCCCCCCCCCCCCCCCCCCc1cccc(S(=O)(=O)[O-])c1.CCCCCCCCCCCCCCCCCCCCc1cccc(S(=O)(=O)[O-])c1.[Ba+2].